The third-order valence-corrected chi connectivity index (χ3v) is 4.15. The Bertz CT molecular complexity index is 684. The molecule has 1 aliphatic rings. The molecule has 3 heterocycles. The Balaban J connectivity index is 1.73. The van der Waals surface area contributed by atoms with Crippen molar-refractivity contribution in [3.63, 3.8) is 0 Å². The number of alkyl carbamates (subject to hydrolysis) is 1. The summed E-state index contributed by atoms with van der Waals surface area (Å²) in [7, 11) is 0. The fourth-order valence-corrected chi connectivity index (χ4v) is 2.85. The van der Waals surface area contributed by atoms with Gasteiger partial charge in [-0.2, -0.15) is 4.98 Å². The minimum Gasteiger partial charge on any atom is -0.444 e. The van der Waals surface area contributed by atoms with Gasteiger partial charge >= 0.3 is 6.09 Å². The lowest BCUT2D eigenvalue weighted by Gasteiger charge is -2.27. The molecule has 7 nitrogen and oxygen atoms in total. The number of amides is 1. The lowest BCUT2D eigenvalue weighted by Crippen LogP contribution is -2.36. The molecule has 3 rings (SSSR count). The highest BCUT2D eigenvalue weighted by Gasteiger charge is 2.27. The molecule has 1 saturated heterocycles. The van der Waals surface area contributed by atoms with Crippen LogP contribution < -0.4 is 5.32 Å². The molecular formula is C17H22N4O3. The van der Waals surface area contributed by atoms with Crippen LogP contribution >= 0.6 is 0 Å². The third-order valence-electron chi connectivity index (χ3n) is 4.15. The zero-order valence-corrected chi connectivity index (χ0v) is 14.0. The summed E-state index contributed by atoms with van der Waals surface area (Å²) in [5, 5.41) is 6.82. The largest absolute Gasteiger partial charge is 0.444 e. The number of cyclic esters (lactones) is 1. The summed E-state index contributed by atoms with van der Waals surface area (Å²) in [5.74, 6) is 1.21. The maximum absolute atomic E-state index is 11.8. The minimum absolute atomic E-state index is 0.115. The molecule has 0 spiro atoms. The van der Waals surface area contributed by atoms with E-state index in [2.05, 4.69) is 20.4 Å². The van der Waals surface area contributed by atoms with E-state index in [-0.39, 0.29) is 12.0 Å². The normalized spacial score (nSPS) is 21.6. The highest BCUT2D eigenvalue weighted by Crippen LogP contribution is 2.29. The minimum atomic E-state index is -0.472. The zero-order chi connectivity index (χ0) is 17.0. The van der Waals surface area contributed by atoms with Crippen LogP contribution in [0.15, 0.2) is 28.9 Å². The van der Waals surface area contributed by atoms with Crippen molar-refractivity contribution in [1.82, 2.24) is 20.4 Å². The molecule has 1 N–H and O–H groups in total. The van der Waals surface area contributed by atoms with Crippen molar-refractivity contribution in [2.45, 2.75) is 51.0 Å². The molecule has 1 amide bonds. The molecule has 2 aromatic heterocycles. The van der Waals surface area contributed by atoms with E-state index in [4.69, 9.17) is 9.26 Å². The van der Waals surface area contributed by atoms with Crippen LogP contribution in [0.4, 0.5) is 4.79 Å². The van der Waals surface area contributed by atoms with Gasteiger partial charge in [0, 0.05) is 18.7 Å². The summed E-state index contributed by atoms with van der Waals surface area (Å²) < 4.78 is 10.9. The number of carbonyl (C=O) groups is 1. The number of aromatic nitrogens is 3. The molecule has 0 radical (unpaired) electrons. The molecule has 0 saturated carbocycles. The second-order valence-electron chi connectivity index (χ2n) is 6.63. The summed E-state index contributed by atoms with van der Waals surface area (Å²) in [6, 6.07) is 5.58. The van der Waals surface area contributed by atoms with Gasteiger partial charge in [-0.15, -0.1) is 0 Å². The fraction of sp³-hybridized carbons (Fsp3) is 0.529. The Labute approximate surface area is 140 Å². The molecule has 1 unspecified atom stereocenters. The molecule has 1 atom stereocenters. The van der Waals surface area contributed by atoms with Gasteiger partial charge in [0.2, 0.25) is 11.7 Å². The van der Waals surface area contributed by atoms with Crippen molar-refractivity contribution in [3.05, 3.63) is 30.3 Å². The van der Waals surface area contributed by atoms with Gasteiger partial charge in [-0.1, -0.05) is 11.2 Å². The van der Waals surface area contributed by atoms with Crippen molar-refractivity contribution in [3.8, 4) is 11.5 Å². The second-order valence-corrected chi connectivity index (χ2v) is 6.63. The first-order valence-electron chi connectivity index (χ1n) is 8.25. The Morgan fingerprint density at radius 1 is 1.29 bits per heavy atom. The van der Waals surface area contributed by atoms with Crippen LogP contribution in [0.5, 0.6) is 0 Å². The van der Waals surface area contributed by atoms with Crippen LogP contribution in [0.25, 0.3) is 11.5 Å². The maximum Gasteiger partial charge on any atom is 0.407 e. The van der Waals surface area contributed by atoms with Crippen molar-refractivity contribution >= 4 is 6.09 Å². The van der Waals surface area contributed by atoms with Crippen LogP contribution in [0, 0.1) is 0 Å². The summed E-state index contributed by atoms with van der Waals surface area (Å²) >= 11 is 0. The predicted molar refractivity (Wildman–Crippen MR) is 87.3 cm³/mol. The van der Waals surface area contributed by atoms with E-state index in [0.29, 0.717) is 24.0 Å². The van der Waals surface area contributed by atoms with Crippen LogP contribution in [-0.2, 0) is 4.74 Å². The first-order chi connectivity index (χ1) is 11.5. The van der Waals surface area contributed by atoms with Crippen LogP contribution in [0.3, 0.4) is 0 Å². The summed E-state index contributed by atoms with van der Waals surface area (Å²) in [6.07, 6.45) is 4.68. The highest BCUT2D eigenvalue weighted by molar-refractivity contribution is 5.67. The van der Waals surface area contributed by atoms with Gasteiger partial charge < -0.3 is 14.6 Å². The quantitative estimate of drug-likeness (QED) is 0.908. The molecule has 0 aromatic carbocycles. The van der Waals surface area contributed by atoms with E-state index in [0.717, 1.165) is 25.7 Å². The van der Waals surface area contributed by atoms with E-state index in [1.54, 1.807) is 6.20 Å². The van der Waals surface area contributed by atoms with Crippen molar-refractivity contribution in [2.75, 3.05) is 6.54 Å². The van der Waals surface area contributed by atoms with Gasteiger partial charge in [-0.05, 0) is 51.7 Å². The first-order valence-corrected chi connectivity index (χ1v) is 8.25. The van der Waals surface area contributed by atoms with Crippen LogP contribution in [-0.4, -0.2) is 33.4 Å². The summed E-state index contributed by atoms with van der Waals surface area (Å²) in [4.78, 5) is 20.5. The average Bonchev–Trinajstić information content (AvgIpc) is 3.03. The lowest BCUT2D eigenvalue weighted by molar-refractivity contribution is 0.0286. The van der Waals surface area contributed by atoms with E-state index in [1.165, 1.54) is 0 Å². The van der Waals surface area contributed by atoms with Crippen molar-refractivity contribution < 1.29 is 14.1 Å². The van der Waals surface area contributed by atoms with E-state index < -0.39 is 5.60 Å². The van der Waals surface area contributed by atoms with Crippen LogP contribution in [0.2, 0.25) is 0 Å². The molecule has 24 heavy (non-hydrogen) atoms. The maximum atomic E-state index is 11.8. The molecule has 1 aliphatic heterocycles. The summed E-state index contributed by atoms with van der Waals surface area (Å²) in [6.45, 7) is 4.37. The topological polar surface area (TPSA) is 90.1 Å². The third kappa shape index (κ3) is 4.10. The molecule has 128 valence electrons. The highest BCUT2D eigenvalue weighted by atomic mass is 16.6. The predicted octanol–water partition coefficient (Wildman–Crippen LogP) is 3.29. The number of rotatable bonds is 2. The molecule has 0 bridgehead atoms. The van der Waals surface area contributed by atoms with Gasteiger partial charge in [0.05, 0.1) is 0 Å². The number of hydrogen-bond donors (Lipinski definition) is 1. The SMILES string of the molecule is CC1(C)CCCC(c2nc(-c3ccccn3)no2)CCNC(=O)O1. The number of pyridine rings is 1. The first kappa shape index (κ1) is 16.4. The Hall–Kier alpha value is -2.44. The van der Waals surface area contributed by atoms with E-state index in [1.807, 2.05) is 32.0 Å². The standard InChI is InChI=1S/C17H22N4O3/c1-17(2)9-5-6-12(8-11-19-16(22)23-17)15-20-14(21-24-15)13-7-3-4-10-18-13/h3-4,7,10,12H,5-6,8-9,11H2,1-2H3,(H,19,22). The van der Waals surface area contributed by atoms with Crippen LogP contribution in [0.1, 0.15) is 51.3 Å². The van der Waals surface area contributed by atoms with Gasteiger partial charge in [0.15, 0.2) is 0 Å². The molecular weight excluding hydrogens is 308 g/mol. The van der Waals surface area contributed by atoms with Gasteiger partial charge in [-0.25, -0.2) is 4.79 Å². The van der Waals surface area contributed by atoms with Crippen molar-refractivity contribution in [1.29, 1.82) is 0 Å². The Kier molecular flexibility index (Phi) is 4.78. The van der Waals surface area contributed by atoms with Crippen molar-refractivity contribution in [2.24, 2.45) is 0 Å². The molecule has 2 aromatic rings. The second kappa shape index (κ2) is 6.98. The van der Waals surface area contributed by atoms with Gasteiger partial charge in [0.25, 0.3) is 0 Å². The monoisotopic (exact) mass is 330 g/mol. The van der Waals surface area contributed by atoms with E-state index >= 15 is 0 Å². The van der Waals surface area contributed by atoms with Gasteiger partial charge in [-0.3, -0.25) is 4.98 Å². The average molecular weight is 330 g/mol. The van der Waals surface area contributed by atoms with E-state index in [9.17, 15) is 4.79 Å². The number of nitrogens with one attached hydrogen (secondary N) is 1. The molecule has 7 heteroatoms. The lowest BCUT2D eigenvalue weighted by atomic mass is 9.93. The molecule has 1 fully saturated rings. The Morgan fingerprint density at radius 2 is 2.17 bits per heavy atom. The molecule has 0 aliphatic carbocycles. The summed E-state index contributed by atoms with van der Waals surface area (Å²) in [5.41, 5.74) is 0.218. The fourth-order valence-electron chi connectivity index (χ4n) is 2.85. The zero-order valence-electron chi connectivity index (χ0n) is 14.0. The number of hydrogen-bond acceptors (Lipinski definition) is 6. The van der Waals surface area contributed by atoms with Gasteiger partial charge in [0.1, 0.15) is 11.3 Å². The number of carbonyl (C=O) groups excluding carboxylic acids is 1. The Morgan fingerprint density at radius 3 is 2.96 bits per heavy atom. The number of ether oxygens (including phenoxy) is 1. The smallest absolute Gasteiger partial charge is 0.407 e. The number of nitrogens with zero attached hydrogens (tertiary/aromatic N) is 3.